The van der Waals surface area contributed by atoms with E-state index in [9.17, 15) is 4.79 Å². The maximum absolute atomic E-state index is 11.8. The first-order valence-corrected chi connectivity index (χ1v) is 9.86. The van der Waals surface area contributed by atoms with Crippen molar-refractivity contribution in [2.45, 2.75) is 5.75 Å². The quantitative estimate of drug-likeness (QED) is 0.510. The van der Waals surface area contributed by atoms with Crippen LogP contribution in [0.3, 0.4) is 0 Å². The van der Waals surface area contributed by atoms with Gasteiger partial charge in [-0.1, -0.05) is 18.2 Å². The molecule has 0 bridgehead atoms. The minimum atomic E-state index is -0.0876. The molecule has 0 aliphatic rings. The van der Waals surface area contributed by atoms with Crippen LogP contribution < -0.4 is 10.1 Å². The highest BCUT2D eigenvalue weighted by atomic mass is 79.9. The van der Waals surface area contributed by atoms with Crippen LogP contribution in [-0.4, -0.2) is 25.3 Å². The minimum absolute atomic E-state index is 0.0876. The number of para-hydroxylation sites is 1. The minimum Gasteiger partial charge on any atom is -0.496 e. The van der Waals surface area contributed by atoms with Crippen LogP contribution in [0.25, 0.3) is 6.08 Å². The Morgan fingerprint density at radius 2 is 2.17 bits per heavy atom. The largest absolute Gasteiger partial charge is 0.496 e. The number of hydrogen-bond donors (Lipinski definition) is 1. The van der Waals surface area contributed by atoms with E-state index in [-0.39, 0.29) is 5.91 Å². The molecule has 0 spiro atoms. The lowest BCUT2D eigenvalue weighted by atomic mass is 10.2. The fourth-order valence-electron chi connectivity index (χ4n) is 1.88. The van der Waals surface area contributed by atoms with Gasteiger partial charge in [-0.2, -0.15) is 11.8 Å². The van der Waals surface area contributed by atoms with E-state index in [0.717, 1.165) is 26.6 Å². The van der Waals surface area contributed by atoms with Crippen LogP contribution in [0.15, 0.2) is 46.3 Å². The third-order valence-electron chi connectivity index (χ3n) is 2.97. The van der Waals surface area contributed by atoms with Crippen LogP contribution in [0.2, 0.25) is 0 Å². The van der Waals surface area contributed by atoms with Gasteiger partial charge < -0.3 is 10.1 Å². The van der Waals surface area contributed by atoms with Gasteiger partial charge in [0.15, 0.2) is 0 Å². The SMILES string of the molecule is COc1ccccc1/C=C/C(=O)NCCSCc1ccc(Br)s1. The van der Waals surface area contributed by atoms with E-state index < -0.39 is 0 Å². The molecule has 0 saturated heterocycles. The molecule has 0 unspecified atom stereocenters. The number of hydrogen-bond acceptors (Lipinski definition) is 4. The van der Waals surface area contributed by atoms with Gasteiger partial charge in [-0.15, -0.1) is 11.3 Å². The van der Waals surface area contributed by atoms with Gasteiger partial charge in [0, 0.05) is 34.6 Å². The highest BCUT2D eigenvalue weighted by molar-refractivity contribution is 9.11. The third kappa shape index (κ3) is 6.41. The maximum atomic E-state index is 11.8. The van der Waals surface area contributed by atoms with Crippen LogP contribution in [-0.2, 0) is 10.5 Å². The van der Waals surface area contributed by atoms with Crippen molar-refractivity contribution in [1.82, 2.24) is 5.32 Å². The molecule has 1 amide bonds. The molecule has 0 saturated carbocycles. The predicted octanol–water partition coefficient (Wildman–Crippen LogP) is 4.58. The number of methoxy groups -OCH3 is 1. The van der Waals surface area contributed by atoms with E-state index in [1.807, 2.05) is 36.0 Å². The van der Waals surface area contributed by atoms with E-state index in [0.29, 0.717) is 6.54 Å². The average Bonchev–Trinajstić information content (AvgIpc) is 2.98. The lowest BCUT2D eigenvalue weighted by molar-refractivity contribution is -0.116. The highest BCUT2D eigenvalue weighted by Crippen LogP contribution is 2.25. The maximum Gasteiger partial charge on any atom is 0.244 e. The number of ether oxygens (including phenoxy) is 1. The second-order valence-corrected chi connectivity index (χ2v) is 8.28. The molecule has 23 heavy (non-hydrogen) atoms. The summed E-state index contributed by atoms with van der Waals surface area (Å²) in [5, 5.41) is 2.89. The standard InChI is InChI=1S/C17H18BrNO2S2/c1-21-15-5-3-2-4-13(15)6-9-17(20)19-10-11-22-12-14-7-8-16(18)23-14/h2-9H,10-12H2,1H3,(H,19,20)/b9-6+. The molecule has 0 aliphatic carbocycles. The third-order valence-corrected chi connectivity index (χ3v) is 5.79. The Bertz CT molecular complexity index is 670. The number of amides is 1. The van der Waals surface area contributed by atoms with E-state index in [1.54, 1.807) is 30.6 Å². The number of carbonyl (C=O) groups is 1. The Morgan fingerprint density at radius 3 is 2.91 bits per heavy atom. The molecule has 3 nitrogen and oxygen atoms in total. The number of benzene rings is 1. The molecule has 0 atom stereocenters. The molecule has 1 aromatic carbocycles. The van der Waals surface area contributed by atoms with Gasteiger partial charge in [0.05, 0.1) is 10.9 Å². The first-order chi connectivity index (χ1) is 11.2. The molecule has 2 rings (SSSR count). The molecule has 2 aromatic rings. The monoisotopic (exact) mass is 411 g/mol. The summed E-state index contributed by atoms with van der Waals surface area (Å²) in [7, 11) is 1.62. The number of thiophene rings is 1. The summed E-state index contributed by atoms with van der Waals surface area (Å²) in [6, 6.07) is 11.8. The number of nitrogens with one attached hydrogen (secondary N) is 1. The fraction of sp³-hybridized carbons (Fsp3) is 0.235. The normalized spacial score (nSPS) is 10.9. The Morgan fingerprint density at radius 1 is 1.35 bits per heavy atom. The van der Waals surface area contributed by atoms with Crippen molar-refractivity contribution in [3.63, 3.8) is 0 Å². The zero-order chi connectivity index (χ0) is 16.5. The van der Waals surface area contributed by atoms with Crippen molar-refractivity contribution in [2.24, 2.45) is 0 Å². The first kappa shape index (κ1) is 18.1. The Labute approximate surface area is 153 Å². The summed E-state index contributed by atoms with van der Waals surface area (Å²) in [6.45, 7) is 0.659. The van der Waals surface area contributed by atoms with E-state index in [4.69, 9.17) is 4.74 Å². The van der Waals surface area contributed by atoms with Gasteiger partial charge in [0.2, 0.25) is 5.91 Å². The van der Waals surface area contributed by atoms with Gasteiger partial charge in [-0.3, -0.25) is 4.79 Å². The van der Waals surface area contributed by atoms with Crippen molar-refractivity contribution in [1.29, 1.82) is 0 Å². The molecule has 1 N–H and O–H groups in total. The predicted molar refractivity (Wildman–Crippen MR) is 103 cm³/mol. The summed E-state index contributed by atoms with van der Waals surface area (Å²) < 4.78 is 6.40. The van der Waals surface area contributed by atoms with Crippen LogP contribution in [0.5, 0.6) is 5.75 Å². The smallest absolute Gasteiger partial charge is 0.244 e. The van der Waals surface area contributed by atoms with Crippen molar-refractivity contribution in [2.75, 3.05) is 19.4 Å². The van der Waals surface area contributed by atoms with Gasteiger partial charge in [0.1, 0.15) is 5.75 Å². The van der Waals surface area contributed by atoms with Crippen LogP contribution >= 0.6 is 39.0 Å². The Balaban J connectivity index is 1.67. The van der Waals surface area contributed by atoms with Crippen LogP contribution in [0.1, 0.15) is 10.4 Å². The molecular formula is C17H18BrNO2S2. The van der Waals surface area contributed by atoms with E-state index in [2.05, 4.69) is 33.4 Å². The van der Waals surface area contributed by atoms with Gasteiger partial charge >= 0.3 is 0 Å². The lowest BCUT2D eigenvalue weighted by Gasteiger charge is -2.04. The molecule has 0 aliphatic heterocycles. The Kier molecular flexibility index (Phi) is 7.71. The van der Waals surface area contributed by atoms with Gasteiger partial charge in [-0.05, 0) is 40.2 Å². The number of thioether (sulfide) groups is 1. The summed E-state index contributed by atoms with van der Waals surface area (Å²) in [5.74, 6) is 2.54. The topological polar surface area (TPSA) is 38.3 Å². The molecule has 0 fully saturated rings. The highest BCUT2D eigenvalue weighted by Gasteiger charge is 2.00. The van der Waals surface area contributed by atoms with Crippen molar-refractivity contribution >= 4 is 51.0 Å². The summed E-state index contributed by atoms with van der Waals surface area (Å²) in [5.41, 5.74) is 0.891. The first-order valence-electron chi connectivity index (χ1n) is 7.10. The molecule has 6 heteroatoms. The lowest BCUT2D eigenvalue weighted by Crippen LogP contribution is -2.23. The number of rotatable bonds is 8. The van der Waals surface area contributed by atoms with Crippen LogP contribution in [0.4, 0.5) is 0 Å². The zero-order valence-corrected chi connectivity index (χ0v) is 16.0. The second-order valence-electron chi connectivity index (χ2n) is 4.62. The van der Waals surface area contributed by atoms with Gasteiger partial charge in [0.25, 0.3) is 0 Å². The number of halogens is 1. The molecule has 122 valence electrons. The zero-order valence-electron chi connectivity index (χ0n) is 12.8. The summed E-state index contributed by atoms with van der Waals surface area (Å²) in [6.07, 6.45) is 3.31. The molecule has 1 aromatic heterocycles. The average molecular weight is 412 g/mol. The van der Waals surface area contributed by atoms with Crippen LogP contribution in [0, 0.1) is 0 Å². The van der Waals surface area contributed by atoms with Crippen molar-refractivity contribution < 1.29 is 9.53 Å². The van der Waals surface area contributed by atoms with E-state index >= 15 is 0 Å². The van der Waals surface area contributed by atoms with Crippen molar-refractivity contribution in [3.05, 3.63) is 56.7 Å². The summed E-state index contributed by atoms with van der Waals surface area (Å²) in [4.78, 5) is 13.1. The number of carbonyl (C=O) groups excluding carboxylic acids is 1. The van der Waals surface area contributed by atoms with E-state index in [1.165, 1.54) is 4.88 Å². The molecule has 0 radical (unpaired) electrons. The molecular weight excluding hydrogens is 394 g/mol. The summed E-state index contributed by atoms with van der Waals surface area (Å²) >= 11 is 7.02. The van der Waals surface area contributed by atoms with Gasteiger partial charge in [-0.25, -0.2) is 0 Å². The Hall–Kier alpha value is -1.24. The fourth-order valence-corrected chi connectivity index (χ4v) is 4.33. The molecule has 1 heterocycles. The second kappa shape index (κ2) is 9.80. The van der Waals surface area contributed by atoms with Crippen molar-refractivity contribution in [3.8, 4) is 5.75 Å².